The topological polar surface area (TPSA) is 37.3 Å². The van der Waals surface area contributed by atoms with Crippen molar-refractivity contribution in [3.63, 3.8) is 0 Å². The molecule has 18 heavy (non-hydrogen) atoms. The van der Waals surface area contributed by atoms with Crippen LogP contribution < -0.4 is 0 Å². The van der Waals surface area contributed by atoms with E-state index >= 15 is 0 Å². The molecule has 0 spiro atoms. The summed E-state index contributed by atoms with van der Waals surface area (Å²) >= 11 is 1.66. The number of hydrogen-bond acceptors (Lipinski definition) is 2. The maximum absolute atomic E-state index is 10.6. The minimum Gasteiger partial charge on any atom is -0.478 e. The van der Waals surface area contributed by atoms with E-state index in [4.69, 9.17) is 5.11 Å². The summed E-state index contributed by atoms with van der Waals surface area (Å²) in [4.78, 5) is 11.8. The molecule has 1 N–H and O–H groups in total. The van der Waals surface area contributed by atoms with Crippen molar-refractivity contribution in [2.45, 2.75) is 11.3 Å². The second-order valence-electron chi connectivity index (χ2n) is 4.02. The predicted octanol–water partition coefficient (Wildman–Crippen LogP) is 3.96. The summed E-state index contributed by atoms with van der Waals surface area (Å²) in [5.41, 5.74) is 0.267. The van der Waals surface area contributed by atoms with Crippen molar-refractivity contribution in [2.24, 2.45) is 0 Å². The first kappa shape index (κ1) is 12.7. The fourth-order valence-corrected chi connectivity index (χ4v) is 2.61. The summed E-state index contributed by atoms with van der Waals surface area (Å²) in [7, 11) is 0. The molecular weight excluding hydrogens is 244 g/mol. The average Bonchev–Trinajstić information content (AvgIpc) is 2.38. The van der Waals surface area contributed by atoms with Crippen molar-refractivity contribution in [1.29, 1.82) is 0 Å². The van der Waals surface area contributed by atoms with E-state index in [1.807, 2.05) is 12.1 Å². The van der Waals surface area contributed by atoms with Gasteiger partial charge in [-0.3, -0.25) is 0 Å². The maximum Gasteiger partial charge on any atom is 0.330 e. The Hall–Kier alpha value is -1.74. The van der Waals surface area contributed by atoms with Crippen molar-refractivity contribution in [1.82, 2.24) is 0 Å². The molecule has 3 heteroatoms. The van der Waals surface area contributed by atoms with E-state index in [1.165, 1.54) is 10.8 Å². The van der Waals surface area contributed by atoms with E-state index in [0.29, 0.717) is 6.42 Å². The predicted molar refractivity (Wildman–Crippen MR) is 76.1 cm³/mol. The number of thioether (sulfide) groups is 1. The smallest absolute Gasteiger partial charge is 0.330 e. The summed E-state index contributed by atoms with van der Waals surface area (Å²) in [6.45, 7) is 3.52. The zero-order valence-electron chi connectivity index (χ0n) is 9.93. The van der Waals surface area contributed by atoms with Crippen LogP contribution in [-0.2, 0) is 4.79 Å². The van der Waals surface area contributed by atoms with Gasteiger partial charge in [-0.2, -0.15) is 0 Å². The number of hydrogen-bond donors (Lipinski definition) is 1. The Kier molecular flexibility index (Phi) is 4.05. The van der Waals surface area contributed by atoms with Gasteiger partial charge in [-0.05, 0) is 29.3 Å². The molecule has 2 rings (SSSR count). The zero-order chi connectivity index (χ0) is 13.0. The highest BCUT2D eigenvalue weighted by atomic mass is 32.2. The van der Waals surface area contributed by atoms with Gasteiger partial charge < -0.3 is 5.11 Å². The van der Waals surface area contributed by atoms with E-state index < -0.39 is 5.97 Å². The maximum atomic E-state index is 10.6. The molecule has 2 aromatic rings. The summed E-state index contributed by atoms with van der Waals surface area (Å²) < 4.78 is 0. The Labute approximate surface area is 110 Å². The summed E-state index contributed by atoms with van der Waals surface area (Å²) in [5, 5.41) is 11.1. The molecule has 0 heterocycles. The van der Waals surface area contributed by atoms with Crippen LogP contribution >= 0.6 is 11.8 Å². The first-order valence-corrected chi connectivity index (χ1v) is 6.68. The Morgan fingerprint density at radius 1 is 1.17 bits per heavy atom. The molecule has 0 aromatic heterocycles. The number of fused-ring (bicyclic) bond motifs is 1. The van der Waals surface area contributed by atoms with Crippen molar-refractivity contribution in [3.8, 4) is 0 Å². The molecule has 0 aliphatic carbocycles. The monoisotopic (exact) mass is 258 g/mol. The van der Waals surface area contributed by atoms with Gasteiger partial charge in [-0.25, -0.2) is 4.79 Å². The highest BCUT2D eigenvalue weighted by molar-refractivity contribution is 7.99. The lowest BCUT2D eigenvalue weighted by molar-refractivity contribution is -0.132. The first-order chi connectivity index (χ1) is 8.66. The Balaban J connectivity index is 2.00. The highest BCUT2D eigenvalue weighted by Crippen LogP contribution is 2.24. The molecule has 0 amide bonds. The van der Waals surface area contributed by atoms with Crippen LogP contribution in [0.15, 0.2) is 59.5 Å². The van der Waals surface area contributed by atoms with Gasteiger partial charge in [0.15, 0.2) is 0 Å². The van der Waals surface area contributed by atoms with Gasteiger partial charge in [-0.15, -0.1) is 11.8 Å². The fraction of sp³-hybridized carbons (Fsp3) is 0.133. The SMILES string of the molecule is C=C(CCSc1ccc2ccccc2c1)C(=O)O. The van der Waals surface area contributed by atoms with Crippen LogP contribution in [0.4, 0.5) is 0 Å². The second kappa shape index (κ2) is 5.74. The minimum atomic E-state index is -0.908. The van der Waals surface area contributed by atoms with Crippen molar-refractivity contribution in [3.05, 3.63) is 54.6 Å². The van der Waals surface area contributed by atoms with Gasteiger partial charge in [0.25, 0.3) is 0 Å². The van der Waals surface area contributed by atoms with Crippen LogP contribution in [0.25, 0.3) is 10.8 Å². The van der Waals surface area contributed by atoms with Crippen LogP contribution in [0.1, 0.15) is 6.42 Å². The highest BCUT2D eigenvalue weighted by Gasteiger charge is 2.04. The molecular formula is C15H14O2S. The lowest BCUT2D eigenvalue weighted by atomic mass is 10.1. The summed E-state index contributed by atoms with van der Waals surface area (Å²) in [6, 6.07) is 14.5. The van der Waals surface area contributed by atoms with Crippen LogP contribution in [0.5, 0.6) is 0 Å². The Bertz CT molecular complexity index is 590. The molecule has 0 saturated carbocycles. The Morgan fingerprint density at radius 3 is 2.61 bits per heavy atom. The van der Waals surface area contributed by atoms with E-state index in [1.54, 1.807) is 11.8 Å². The lowest BCUT2D eigenvalue weighted by Crippen LogP contribution is -1.99. The summed E-state index contributed by atoms with van der Waals surface area (Å²) in [5.74, 6) is -0.169. The number of aliphatic carboxylic acids is 1. The quantitative estimate of drug-likeness (QED) is 0.651. The molecule has 0 fully saturated rings. The average molecular weight is 258 g/mol. The van der Waals surface area contributed by atoms with Gasteiger partial charge in [0, 0.05) is 16.2 Å². The van der Waals surface area contributed by atoms with E-state index in [2.05, 4.69) is 36.9 Å². The number of carboxylic acids is 1. The molecule has 0 saturated heterocycles. The zero-order valence-corrected chi connectivity index (χ0v) is 10.7. The van der Waals surface area contributed by atoms with E-state index in [-0.39, 0.29) is 5.57 Å². The standard InChI is InChI=1S/C15H14O2S/c1-11(15(16)17)8-9-18-14-7-6-12-4-2-3-5-13(12)10-14/h2-7,10H,1,8-9H2,(H,16,17). The largest absolute Gasteiger partial charge is 0.478 e. The van der Waals surface area contributed by atoms with E-state index in [9.17, 15) is 4.79 Å². The van der Waals surface area contributed by atoms with Gasteiger partial charge in [0.2, 0.25) is 0 Å². The van der Waals surface area contributed by atoms with Crippen LogP contribution in [0.2, 0.25) is 0 Å². The molecule has 0 aliphatic rings. The Morgan fingerprint density at radius 2 is 1.89 bits per heavy atom. The fourth-order valence-electron chi connectivity index (χ4n) is 1.66. The molecule has 2 aromatic carbocycles. The van der Waals surface area contributed by atoms with Crippen molar-refractivity contribution < 1.29 is 9.90 Å². The number of benzene rings is 2. The van der Waals surface area contributed by atoms with Crippen molar-refractivity contribution >= 4 is 28.5 Å². The molecule has 92 valence electrons. The molecule has 0 aliphatic heterocycles. The second-order valence-corrected chi connectivity index (χ2v) is 5.18. The molecule has 0 radical (unpaired) electrons. The van der Waals surface area contributed by atoms with Gasteiger partial charge >= 0.3 is 5.97 Å². The minimum absolute atomic E-state index is 0.267. The summed E-state index contributed by atoms with van der Waals surface area (Å²) in [6.07, 6.45) is 0.507. The third-order valence-electron chi connectivity index (χ3n) is 2.70. The first-order valence-electron chi connectivity index (χ1n) is 5.69. The van der Waals surface area contributed by atoms with Crippen LogP contribution in [-0.4, -0.2) is 16.8 Å². The van der Waals surface area contributed by atoms with Gasteiger partial charge in [0.1, 0.15) is 0 Å². The number of rotatable bonds is 5. The lowest BCUT2D eigenvalue weighted by Gasteiger charge is -2.04. The molecule has 2 nitrogen and oxygen atoms in total. The molecule has 0 atom stereocenters. The molecule has 0 bridgehead atoms. The third-order valence-corrected chi connectivity index (χ3v) is 3.69. The van der Waals surface area contributed by atoms with Gasteiger partial charge in [0.05, 0.1) is 0 Å². The van der Waals surface area contributed by atoms with Gasteiger partial charge in [-0.1, -0.05) is 36.9 Å². The number of carboxylic acid groups (broad SMARTS) is 1. The van der Waals surface area contributed by atoms with Crippen LogP contribution in [0, 0.1) is 0 Å². The number of carbonyl (C=O) groups is 1. The van der Waals surface area contributed by atoms with E-state index in [0.717, 1.165) is 10.6 Å². The normalized spacial score (nSPS) is 10.4. The third kappa shape index (κ3) is 3.14. The van der Waals surface area contributed by atoms with Crippen LogP contribution in [0.3, 0.4) is 0 Å². The molecule has 0 unspecified atom stereocenters. The van der Waals surface area contributed by atoms with Crippen molar-refractivity contribution in [2.75, 3.05) is 5.75 Å².